The van der Waals surface area contributed by atoms with Crippen LogP contribution in [0.1, 0.15) is 32.6 Å². The summed E-state index contributed by atoms with van der Waals surface area (Å²) in [7, 11) is 0. The standard InChI is InChI=1S/C12H15BrO.C2H2/c1-12-6-2-3-9(7-13)11(12)5-4-10(12)8-14;1-2/h4,7-8,11H,2-3,5-6H2,1H3;1-2H/b9-7+;. The summed E-state index contributed by atoms with van der Waals surface area (Å²) in [5.41, 5.74) is 2.63. The maximum Gasteiger partial charge on any atom is 0.146 e. The smallest absolute Gasteiger partial charge is 0.146 e. The zero-order chi connectivity index (χ0) is 12.2. The predicted octanol–water partition coefficient (Wildman–Crippen LogP) is 3.85. The lowest BCUT2D eigenvalue weighted by Crippen LogP contribution is -2.30. The molecule has 0 N–H and O–H groups in total. The number of halogens is 1. The minimum Gasteiger partial charge on any atom is -0.298 e. The van der Waals surface area contributed by atoms with E-state index in [4.69, 9.17) is 0 Å². The summed E-state index contributed by atoms with van der Waals surface area (Å²) in [5.74, 6) is 0.566. The number of aldehydes is 1. The molecule has 2 unspecified atom stereocenters. The Kier molecular flexibility index (Phi) is 4.56. The number of hydrogen-bond acceptors (Lipinski definition) is 1. The molecule has 2 aliphatic carbocycles. The summed E-state index contributed by atoms with van der Waals surface area (Å²) in [4.78, 5) is 13.0. The molecule has 0 aromatic heterocycles. The number of carbonyl (C=O) groups excluding carboxylic acids is 1. The van der Waals surface area contributed by atoms with Gasteiger partial charge in [-0.15, -0.1) is 12.8 Å². The van der Waals surface area contributed by atoms with Gasteiger partial charge in [-0.25, -0.2) is 0 Å². The number of rotatable bonds is 1. The van der Waals surface area contributed by atoms with Crippen molar-refractivity contribution in [2.45, 2.75) is 32.6 Å². The summed E-state index contributed by atoms with van der Waals surface area (Å²) in [6, 6.07) is 0. The van der Waals surface area contributed by atoms with Crippen LogP contribution in [0.5, 0.6) is 0 Å². The van der Waals surface area contributed by atoms with E-state index in [-0.39, 0.29) is 5.41 Å². The molecular formula is C14H17BrO. The number of allylic oxidation sites excluding steroid dienone is 3. The highest BCUT2D eigenvalue weighted by atomic mass is 79.9. The zero-order valence-corrected chi connectivity index (χ0v) is 11.2. The van der Waals surface area contributed by atoms with E-state index in [9.17, 15) is 4.79 Å². The molecule has 0 aliphatic heterocycles. The first-order valence-electron chi connectivity index (χ1n) is 5.50. The zero-order valence-electron chi connectivity index (χ0n) is 9.58. The summed E-state index contributed by atoms with van der Waals surface area (Å²) < 4.78 is 0. The van der Waals surface area contributed by atoms with Crippen LogP contribution in [0.25, 0.3) is 0 Å². The fraction of sp³-hybridized carbons (Fsp3) is 0.500. The Morgan fingerprint density at radius 2 is 2.25 bits per heavy atom. The first kappa shape index (κ1) is 13.3. The van der Waals surface area contributed by atoms with Gasteiger partial charge in [0.2, 0.25) is 0 Å². The SMILES string of the molecule is C#C.CC12CCC/C(=C\Br)C1CC=C2C=O. The molecule has 0 spiro atoms. The van der Waals surface area contributed by atoms with Crippen molar-refractivity contribution in [3.63, 3.8) is 0 Å². The van der Waals surface area contributed by atoms with Gasteiger partial charge in [0.05, 0.1) is 0 Å². The first-order valence-corrected chi connectivity index (χ1v) is 6.42. The third kappa shape index (κ3) is 2.01. The molecule has 0 aromatic carbocycles. The third-order valence-electron chi connectivity index (χ3n) is 3.88. The molecule has 2 atom stereocenters. The van der Waals surface area contributed by atoms with E-state index >= 15 is 0 Å². The Morgan fingerprint density at radius 1 is 1.56 bits per heavy atom. The molecule has 1 fully saturated rings. The van der Waals surface area contributed by atoms with Gasteiger partial charge in [-0.05, 0) is 42.2 Å². The second-order valence-corrected chi connectivity index (χ2v) is 4.98. The van der Waals surface area contributed by atoms with Gasteiger partial charge in [-0.2, -0.15) is 0 Å². The van der Waals surface area contributed by atoms with Gasteiger partial charge in [0.25, 0.3) is 0 Å². The van der Waals surface area contributed by atoms with Gasteiger partial charge in [-0.1, -0.05) is 34.5 Å². The highest BCUT2D eigenvalue weighted by Crippen LogP contribution is 2.53. The number of fused-ring (bicyclic) bond motifs is 1. The van der Waals surface area contributed by atoms with Gasteiger partial charge in [-0.3, -0.25) is 4.79 Å². The normalized spacial score (nSPS) is 34.6. The van der Waals surface area contributed by atoms with E-state index in [0.717, 1.165) is 24.7 Å². The van der Waals surface area contributed by atoms with Crippen LogP contribution in [-0.4, -0.2) is 6.29 Å². The lowest BCUT2D eigenvalue weighted by Gasteiger charge is -2.39. The Labute approximate surface area is 106 Å². The fourth-order valence-electron chi connectivity index (χ4n) is 2.97. The molecule has 1 nitrogen and oxygen atoms in total. The average Bonchev–Trinajstić information content (AvgIpc) is 2.67. The van der Waals surface area contributed by atoms with Gasteiger partial charge in [0.1, 0.15) is 6.29 Å². The van der Waals surface area contributed by atoms with Crippen LogP contribution in [0.15, 0.2) is 22.2 Å². The van der Waals surface area contributed by atoms with E-state index in [1.54, 1.807) is 0 Å². The molecule has 0 bridgehead atoms. The van der Waals surface area contributed by atoms with Crippen LogP contribution in [0, 0.1) is 24.2 Å². The number of hydrogen-bond donors (Lipinski definition) is 0. The van der Waals surface area contributed by atoms with Crippen LogP contribution < -0.4 is 0 Å². The van der Waals surface area contributed by atoms with Crippen molar-refractivity contribution in [1.82, 2.24) is 0 Å². The third-order valence-corrected chi connectivity index (χ3v) is 4.47. The van der Waals surface area contributed by atoms with Crippen LogP contribution in [0.3, 0.4) is 0 Å². The van der Waals surface area contributed by atoms with Gasteiger partial charge in [0, 0.05) is 5.41 Å². The molecule has 1 saturated carbocycles. The van der Waals surface area contributed by atoms with Crippen molar-refractivity contribution < 1.29 is 4.79 Å². The number of terminal acetylenes is 1. The lowest BCUT2D eigenvalue weighted by molar-refractivity contribution is -0.106. The van der Waals surface area contributed by atoms with E-state index in [2.05, 4.69) is 46.8 Å². The van der Waals surface area contributed by atoms with Gasteiger partial charge >= 0.3 is 0 Å². The second kappa shape index (κ2) is 5.50. The van der Waals surface area contributed by atoms with Crippen LogP contribution in [0.2, 0.25) is 0 Å². The largest absolute Gasteiger partial charge is 0.298 e. The molecule has 0 aromatic rings. The summed E-state index contributed by atoms with van der Waals surface area (Å²) in [5, 5.41) is 0. The molecule has 2 rings (SSSR count). The lowest BCUT2D eigenvalue weighted by atomic mass is 9.65. The molecule has 0 radical (unpaired) electrons. The van der Waals surface area contributed by atoms with Gasteiger partial charge in [0.15, 0.2) is 0 Å². The quantitative estimate of drug-likeness (QED) is 0.527. The highest BCUT2D eigenvalue weighted by molar-refractivity contribution is 9.11. The molecular weight excluding hydrogens is 264 g/mol. The van der Waals surface area contributed by atoms with E-state index in [1.165, 1.54) is 18.4 Å². The van der Waals surface area contributed by atoms with Crippen LogP contribution in [0.4, 0.5) is 0 Å². The van der Waals surface area contributed by atoms with Crippen molar-refractivity contribution in [2.24, 2.45) is 11.3 Å². The van der Waals surface area contributed by atoms with Crippen LogP contribution in [-0.2, 0) is 4.79 Å². The second-order valence-electron chi connectivity index (χ2n) is 4.52. The maximum absolute atomic E-state index is 11.0. The Hall–Kier alpha value is -0.810. The minimum atomic E-state index is 0.125. The monoisotopic (exact) mass is 280 g/mol. The summed E-state index contributed by atoms with van der Waals surface area (Å²) in [6.45, 7) is 2.24. The average molecular weight is 281 g/mol. The molecule has 16 heavy (non-hydrogen) atoms. The Balaban J connectivity index is 0.000000606. The summed E-state index contributed by atoms with van der Waals surface area (Å²) in [6.07, 6.45) is 15.8. The van der Waals surface area contributed by atoms with E-state index < -0.39 is 0 Å². The molecule has 86 valence electrons. The maximum atomic E-state index is 11.0. The first-order chi connectivity index (χ1) is 7.72. The van der Waals surface area contributed by atoms with Crippen molar-refractivity contribution in [1.29, 1.82) is 0 Å². The van der Waals surface area contributed by atoms with Crippen LogP contribution >= 0.6 is 15.9 Å². The molecule has 2 heteroatoms. The molecule has 0 saturated heterocycles. The Morgan fingerprint density at radius 3 is 2.81 bits per heavy atom. The van der Waals surface area contributed by atoms with Crippen molar-refractivity contribution in [2.75, 3.05) is 0 Å². The Bertz CT molecular complexity index is 351. The fourth-order valence-corrected chi connectivity index (χ4v) is 3.51. The predicted molar refractivity (Wildman–Crippen MR) is 71.1 cm³/mol. The molecule has 0 heterocycles. The highest BCUT2D eigenvalue weighted by Gasteiger charge is 2.44. The van der Waals surface area contributed by atoms with Crippen molar-refractivity contribution in [3.8, 4) is 12.8 Å². The minimum absolute atomic E-state index is 0.125. The number of carbonyl (C=O) groups is 1. The van der Waals surface area contributed by atoms with Crippen molar-refractivity contribution in [3.05, 3.63) is 22.2 Å². The molecule has 2 aliphatic rings. The van der Waals surface area contributed by atoms with Crippen molar-refractivity contribution >= 4 is 22.2 Å². The van der Waals surface area contributed by atoms with E-state index in [1.807, 2.05) is 0 Å². The topological polar surface area (TPSA) is 17.1 Å². The molecule has 0 amide bonds. The van der Waals surface area contributed by atoms with Gasteiger partial charge < -0.3 is 0 Å². The van der Waals surface area contributed by atoms with E-state index in [0.29, 0.717) is 5.92 Å². The summed E-state index contributed by atoms with van der Waals surface area (Å²) >= 11 is 3.44.